The molecule has 0 saturated carbocycles. The molecular formula is C27H25N3O2. The zero-order valence-corrected chi connectivity index (χ0v) is 17.6. The van der Waals surface area contributed by atoms with E-state index in [1.54, 1.807) is 4.90 Å². The number of nitrogens with zero attached hydrogens (tertiary/aromatic N) is 1. The van der Waals surface area contributed by atoms with Gasteiger partial charge in [-0.3, -0.25) is 10.3 Å². The Morgan fingerprint density at radius 1 is 0.625 bits per heavy atom. The topological polar surface area (TPSA) is 71.6 Å². The lowest BCUT2D eigenvalue weighted by atomic mass is 10.2. The minimum Gasteiger partial charge on any atom is -0.489 e. The average molecular weight is 424 g/mol. The lowest BCUT2D eigenvalue weighted by molar-refractivity contribution is 0.306. The Kier molecular flexibility index (Phi) is 6.68. The van der Waals surface area contributed by atoms with Gasteiger partial charge in [0.05, 0.1) is 11.4 Å². The second-order valence-corrected chi connectivity index (χ2v) is 7.26. The van der Waals surface area contributed by atoms with Crippen LogP contribution in [0.2, 0.25) is 0 Å². The molecule has 0 amide bonds. The summed E-state index contributed by atoms with van der Waals surface area (Å²) in [5.74, 6) is 1.31. The molecule has 0 saturated heterocycles. The minimum atomic E-state index is -0.0922. The molecule has 0 bridgehead atoms. The van der Waals surface area contributed by atoms with Gasteiger partial charge in [-0.15, -0.1) is 0 Å². The Labute approximate surface area is 188 Å². The fourth-order valence-electron chi connectivity index (χ4n) is 3.33. The van der Waals surface area contributed by atoms with Crippen LogP contribution in [0.1, 0.15) is 11.1 Å². The van der Waals surface area contributed by atoms with Gasteiger partial charge in [0, 0.05) is 12.1 Å². The number of nitrogens with one attached hydrogen (secondary N) is 1. The summed E-state index contributed by atoms with van der Waals surface area (Å²) in [6, 6.07) is 35.1. The quantitative estimate of drug-likeness (QED) is 0.274. The van der Waals surface area contributed by atoms with E-state index in [9.17, 15) is 0 Å². The minimum absolute atomic E-state index is 0.0922. The van der Waals surface area contributed by atoms with Gasteiger partial charge in [-0.05, 0) is 35.4 Å². The van der Waals surface area contributed by atoms with Crippen molar-refractivity contribution >= 4 is 17.3 Å². The summed E-state index contributed by atoms with van der Waals surface area (Å²) < 4.78 is 11.9. The molecule has 0 aliphatic heterocycles. The molecule has 5 heteroatoms. The predicted octanol–water partition coefficient (Wildman–Crippen LogP) is 5.88. The van der Waals surface area contributed by atoms with Crippen molar-refractivity contribution in [1.82, 2.24) is 0 Å². The maximum Gasteiger partial charge on any atom is 0.197 e. The molecule has 0 spiro atoms. The fourth-order valence-corrected chi connectivity index (χ4v) is 3.33. The van der Waals surface area contributed by atoms with Crippen LogP contribution in [0, 0.1) is 5.41 Å². The van der Waals surface area contributed by atoms with Gasteiger partial charge < -0.3 is 15.2 Å². The highest BCUT2D eigenvalue weighted by atomic mass is 16.5. The van der Waals surface area contributed by atoms with Gasteiger partial charge >= 0.3 is 0 Å². The standard InChI is InChI=1S/C27H25N3O2/c28-27(29)30(23-13-7-15-25(17-23)31-19-21-9-3-1-4-10-21)24-14-8-16-26(18-24)32-20-22-11-5-2-6-12-22/h1-18H,19-20H2,(H3,28,29). The highest BCUT2D eigenvalue weighted by Gasteiger charge is 2.14. The molecule has 0 unspecified atom stereocenters. The second kappa shape index (κ2) is 10.2. The summed E-state index contributed by atoms with van der Waals surface area (Å²) in [6.07, 6.45) is 0. The van der Waals surface area contributed by atoms with Gasteiger partial charge in [-0.2, -0.15) is 0 Å². The van der Waals surface area contributed by atoms with Gasteiger partial charge in [0.1, 0.15) is 24.7 Å². The van der Waals surface area contributed by atoms with Crippen molar-refractivity contribution in [1.29, 1.82) is 5.41 Å². The second-order valence-electron chi connectivity index (χ2n) is 7.26. The zero-order valence-electron chi connectivity index (χ0n) is 17.6. The van der Waals surface area contributed by atoms with Crippen molar-refractivity contribution < 1.29 is 9.47 Å². The Bertz CT molecular complexity index is 1080. The molecule has 0 heterocycles. The van der Waals surface area contributed by atoms with Crippen molar-refractivity contribution in [2.75, 3.05) is 4.90 Å². The number of hydrogen-bond donors (Lipinski definition) is 2. The van der Waals surface area contributed by atoms with E-state index in [4.69, 9.17) is 20.6 Å². The lowest BCUT2D eigenvalue weighted by Crippen LogP contribution is -2.32. The van der Waals surface area contributed by atoms with Crippen molar-refractivity contribution in [3.63, 3.8) is 0 Å². The van der Waals surface area contributed by atoms with Gasteiger partial charge in [-0.1, -0.05) is 72.8 Å². The smallest absolute Gasteiger partial charge is 0.197 e. The first kappa shape index (κ1) is 21.0. The van der Waals surface area contributed by atoms with Gasteiger partial charge in [-0.25, -0.2) is 0 Å². The van der Waals surface area contributed by atoms with Crippen molar-refractivity contribution in [3.8, 4) is 11.5 Å². The average Bonchev–Trinajstić information content (AvgIpc) is 2.83. The summed E-state index contributed by atoms with van der Waals surface area (Å²) in [7, 11) is 0. The van der Waals surface area contributed by atoms with Crippen LogP contribution in [0.3, 0.4) is 0 Å². The SMILES string of the molecule is N=C(N)N(c1cccc(OCc2ccccc2)c1)c1cccc(OCc2ccccc2)c1. The van der Waals surface area contributed by atoms with Crippen LogP contribution in [0.15, 0.2) is 109 Å². The lowest BCUT2D eigenvalue weighted by Gasteiger charge is -2.24. The summed E-state index contributed by atoms with van der Waals surface area (Å²) in [5, 5.41) is 8.16. The fraction of sp³-hybridized carbons (Fsp3) is 0.0741. The Hall–Kier alpha value is -4.25. The third kappa shape index (κ3) is 5.46. The normalized spacial score (nSPS) is 10.4. The molecule has 0 atom stereocenters. The predicted molar refractivity (Wildman–Crippen MR) is 128 cm³/mol. The number of anilines is 2. The summed E-state index contributed by atoms with van der Waals surface area (Å²) >= 11 is 0. The molecule has 0 aliphatic rings. The van der Waals surface area contributed by atoms with Crippen molar-refractivity contribution in [3.05, 3.63) is 120 Å². The number of ether oxygens (including phenoxy) is 2. The molecule has 160 valence electrons. The number of guanidine groups is 1. The van der Waals surface area contributed by atoms with Gasteiger partial charge in [0.25, 0.3) is 0 Å². The molecule has 0 radical (unpaired) electrons. The zero-order chi connectivity index (χ0) is 22.2. The molecule has 4 aromatic carbocycles. The number of nitrogens with two attached hydrogens (primary N) is 1. The van der Waals surface area contributed by atoms with E-state index in [1.165, 1.54) is 0 Å². The molecule has 3 N–H and O–H groups in total. The van der Waals surface area contributed by atoms with E-state index in [1.807, 2.05) is 109 Å². The van der Waals surface area contributed by atoms with E-state index in [-0.39, 0.29) is 5.96 Å². The summed E-state index contributed by atoms with van der Waals surface area (Å²) in [5.41, 5.74) is 9.61. The first-order chi connectivity index (χ1) is 15.7. The van der Waals surface area contributed by atoms with Crippen LogP contribution in [-0.2, 0) is 13.2 Å². The van der Waals surface area contributed by atoms with Crippen LogP contribution < -0.4 is 20.1 Å². The molecule has 0 aromatic heterocycles. The molecule has 5 nitrogen and oxygen atoms in total. The van der Waals surface area contributed by atoms with E-state index in [0.717, 1.165) is 22.5 Å². The molecule has 4 rings (SSSR count). The van der Waals surface area contributed by atoms with E-state index < -0.39 is 0 Å². The van der Waals surface area contributed by atoms with E-state index in [0.29, 0.717) is 24.7 Å². The first-order valence-corrected chi connectivity index (χ1v) is 10.4. The summed E-state index contributed by atoms with van der Waals surface area (Å²) in [6.45, 7) is 0.931. The van der Waals surface area contributed by atoms with Crippen LogP contribution in [0.4, 0.5) is 11.4 Å². The molecule has 0 aliphatic carbocycles. The largest absolute Gasteiger partial charge is 0.489 e. The maximum absolute atomic E-state index is 8.16. The van der Waals surface area contributed by atoms with Crippen LogP contribution in [-0.4, -0.2) is 5.96 Å². The molecule has 4 aromatic rings. The maximum atomic E-state index is 8.16. The highest BCUT2D eigenvalue weighted by molar-refractivity contribution is 6.00. The molecule has 0 fully saturated rings. The van der Waals surface area contributed by atoms with E-state index in [2.05, 4.69) is 0 Å². The number of rotatable bonds is 8. The van der Waals surface area contributed by atoms with Crippen LogP contribution in [0.25, 0.3) is 0 Å². The van der Waals surface area contributed by atoms with Crippen molar-refractivity contribution in [2.24, 2.45) is 5.73 Å². The Morgan fingerprint density at radius 3 is 1.47 bits per heavy atom. The first-order valence-electron chi connectivity index (χ1n) is 10.4. The Morgan fingerprint density at radius 2 is 1.06 bits per heavy atom. The number of hydrogen-bond acceptors (Lipinski definition) is 3. The van der Waals surface area contributed by atoms with Gasteiger partial charge in [0.2, 0.25) is 0 Å². The number of benzene rings is 4. The molecular weight excluding hydrogens is 398 g/mol. The third-order valence-corrected chi connectivity index (χ3v) is 4.89. The highest BCUT2D eigenvalue weighted by Crippen LogP contribution is 2.31. The summed E-state index contributed by atoms with van der Waals surface area (Å²) in [4.78, 5) is 1.66. The monoisotopic (exact) mass is 423 g/mol. The van der Waals surface area contributed by atoms with Crippen LogP contribution in [0.5, 0.6) is 11.5 Å². The molecule has 32 heavy (non-hydrogen) atoms. The van der Waals surface area contributed by atoms with Crippen LogP contribution >= 0.6 is 0 Å². The van der Waals surface area contributed by atoms with E-state index >= 15 is 0 Å². The van der Waals surface area contributed by atoms with Crippen molar-refractivity contribution in [2.45, 2.75) is 13.2 Å². The van der Waals surface area contributed by atoms with Gasteiger partial charge in [0.15, 0.2) is 5.96 Å². The Balaban J connectivity index is 1.51. The third-order valence-electron chi connectivity index (χ3n) is 4.89.